The molecule has 3 aromatic rings. The van der Waals surface area contributed by atoms with Gasteiger partial charge in [0.25, 0.3) is 5.91 Å². The van der Waals surface area contributed by atoms with Gasteiger partial charge in [0, 0.05) is 0 Å². The number of benzene rings is 2. The Hall–Kier alpha value is -3.57. The molecule has 0 bridgehead atoms. The highest BCUT2D eigenvalue weighted by molar-refractivity contribution is 7.95. The fourth-order valence-corrected chi connectivity index (χ4v) is 6.23. The summed E-state index contributed by atoms with van der Waals surface area (Å²) in [7, 11) is -4.34. The van der Waals surface area contributed by atoms with Gasteiger partial charge in [-0.3, -0.25) is 9.69 Å². The number of carbonyl (C=O) groups excluding carboxylic acids is 2. The minimum atomic E-state index is -4.34. The molecule has 1 aliphatic heterocycles. The predicted molar refractivity (Wildman–Crippen MR) is 123 cm³/mol. The zero-order valence-corrected chi connectivity index (χ0v) is 19.7. The molecule has 0 aliphatic carbocycles. The van der Waals surface area contributed by atoms with E-state index >= 15 is 0 Å². The average molecular weight is 503 g/mol. The molecule has 0 unspecified atom stereocenters. The first kappa shape index (κ1) is 23.6. The number of ether oxygens (including phenoxy) is 1. The van der Waals surface area contributed by atoms with Crippen molar-refractivity contribution in [1.82, 2.24) is 4.98 Å². The first-order valence-electron chi connectivity index (χ1n) is 10.1. The van der Waals surface area contributed by atoms with Gasteiger partial charge in [-0.2, -0.15) is 0 Å². The number of rotatable bonds is 6. The lowest BCUT2D eigenvalue weighted by atomic mass is 10.1. The highest BCUT2D eigenvalue weighted by Gasteiger charge is 2.49. The summed E-state index contributed by atoms with van der Waals surface area (Å²) in [6.45, 7) is 3.33. The molecule has 1 aromatic heterocycles. The van der Waals surface area contributed by atoms with Crippen molar-refractivity contribution >= 4 is 38.2 Å². The number of nitrogens with zero attached hydrogens (tertiary/aromatic N) is 2. The van der Waals surface area contributed by atoms with Crippen LogP contribution in [0.1, 0.15) is 33.9 Å². The van der Waals surface area contributed by atoms with Gasteiger partial charge in [0.05, 0.1) is 17.2 Å². The van der Waals surface area contributed by atoms with Crippen LogP contribution in [0.15, 0.2) is 70.2 Å². The highest BCUT2D eigenvalue weighted by Crippen LogP contribution is 2.46. The Labute approximate surface area is 198 Å². The Bertz CT molecular complexity index is 1400. The summed E-state index contributed by atoms with van der Waals surface area (Å²) in [6, 6.07) is 10.9. The van der Waals surface area contributed by atoms with E-state index in [1.54, 1.807) is 19.9 Å². The molecule has 176 valence electrons. The lowest BCUT2D eigenvalue weighted by Crippen LogP contribution is -2.31. The number of hydrogen-bond donors (Lipinski definition) is 1. The number of sulfone groups is 1. The number of carbonyl (C=O) groups is 2. The van der Waals surface area contributed by atoms with Gasteiger partial charge in [-0.05, 0) is 43.7 Å². The van der Waals surface area contributed by atoms with Crippen molar-refractivity contribution in [2.24, 2.45) is 0 Å². The van der Waals surface area contributed by atoms with E-state index in [-0.39, 0.29) is 32.8 Å². The summed E-state index contributed by atoms with van der Waals surface area (Å²) in [5, 5.41) is 10.8. The maximum absolute atomic E-state index is 13.6. The van der Waals surface area contributed by atoms with Crippen LogP contribution in [-0.4, -0.2) is 37.0 Å². The van der Waals surface area contributed by atoms with Gasteiger partial charge in [-0.1, -0.05) is 41.7 Å². The topological polar surface area (TPSA) is 114 Å². The number of thiazole rings is 1. The zero-order valence-electron chi connectivity index (χ0n) is 18.1. The number of halogens is 1. The van der Waals surface area contributed by atoms with E-state index in [4.69, 9.17) is 4.74 Å². The van der Waals surface area contributed by atoms with Gasteiger partial charge in [0.15, 0.2) is 10.9 Å². The minimum absolute atomic E-state index is 0.00955. The van der Waals surface area contributed by atoms with Crippen LogP contribution < -0.4 is 4.90 Å². The van der Waals surface area contributed by atoms with Crippen LogP contribution in [0, 0.1) is 12.7 Å². The summed E-state index contributed by atoms with van der Waals surface area (Å²) >= 11 is 0.833. The van der Waals surface area contributed by atoms with Crippen molar-refractivity contribution in [2.45, 2.75) is 24.8 Å². The molecule has 0 saturated heterocycles. The Morgan fingerprint density at radius 3 is 2.44 bits per heavy atom. The van der Waals surface area contributed by atoms with Gasteiger partial charge >= 0.3 is 5.97 Å². The third-order valence-corrected chi connectivity index (χ3v) is 8.17. The maximum atomic E-state index is 13.6. The SMILES string of the molecule is CCOC(=O)c1sc(N2C(=O)C(O)=C(S(=O)(=O)c3ccccc3)[C@@H]2c2ccc(F)cc2)nc1C. The number of aromatic nitrogens is 1. The Morgan fingerprint density at radius 1 is 1.18 bits per heavy atom. The molecule has 11 heteroatoms. The second kappa shape index (κ2) is 8.99. The van der Waals surface area contributed by atoms with Gasteiger partial charge in [-0.25, -0.2) is 22.6 Å². The van der Waals surface area contributed by atoms with Crippen LogP contribution >= 0.6 is 11.3 Å². The highest BCUT2D eigenvalue weighted by atomic mass is 32.2. The fourth-order valence-electron chi connectivity index (χ4n) is 3.60. The quantitative estimate of drug-likeness (QED) is 0.505. The van der Waals surface area contributed by atoms with Crippen molar-refractivity contribution in [3.8, 4) is 0 Å². The van der Waals surface area contributed by atoms with E-state index in [1.165, 1.54) is 36.4 Å². The number of esters is 1. The number of aryl methyl sites for hydroxylation is 1. The Morgan fingerprint density at radius 2 is 1.82 bits per heavy atom. The molecule has 0 fully saturated rings. The summed E-state index contributed by atoms with van der Waals surface area (Å²) in [6.07, 6.45) is 0. The Balaban J connectivity index is 1.90. The van der Waals surface area contributed by atoms with Crippen LogP contribution in [0.2, 0.25) is 0 Å². The van der Waals surface area contributed by atoms with Gasteiger partial charge in [-0.15, -0.1) is 0 Å². The lowest BCUT2D eigenvalue weighted by Gasteiger charge is -2.24. The second-order valence-electron chi connectivity index (χ2n) is 7.29. The zero-order chi connectivity index (χ0) is 24.6. The van der Waals surface area contributed by atoms with Gasteiger partial charge in [0.2, 0.25) is 9.84 Å². The van der Waals surface area contributed by atoms with Crippen LogP contribution in [-0.2, 0) is 19.4 Å². The first-order valence-corrected chi connectivity index (χ1v) is 12.4. The molecule has 2 heterocycles. The van der Waals surface area contributed by atoms with E-state index in [1.807, 2.05) is 0 Å². The molecule has 2 aromatic carbocycles. The summed E-state index contributed by atoms with van der Waals surface area (Å²) in [5.41, 5.74) is 0.516. The molecule has 8 nitrogen and oxygen atoms in total. The summed E-state index contributed by atoms with van der Waals surface area (Å²) < 4.78 is 45.7. The molecule has 1 atom stereocenters. The molecule has 0 saturated carbocycles. The first-order chi connectivity index (χ1) is 16.2. The maximum Gasteiger partial charge on any atom is 0.350 e. The van der Waals surface area contributed by atoms with E-state index in [0.29, 0.717) is 0 Å². The number of aliphatic hydroxyl groups is 1. The van der Waals surface area contributed by atoms with Crippen molar-refractivity contribution < 1.29 is 32.2 Å². The lowest BCUT2D eigenvalue weighted by molar-refractivity contribution is -0.117. The van der Waals surface area contributed by atoms with E-state index in [2.05, 4.69) is 4.98 Å². The molecular formula is C23H19FN2O6S2. The van der Waals surface area contributed by atoms with Crippen LogP contribution in [0.3, 0.4) is 0 Å². The normalized spacial score (nSPS) is 16.3. The number of amides is 1. The monoisotopic (exact) mass is 502 g/mol. The van der Waals surface area contributed by atoms with E-state index < -0.39 is 44.2 Å². The molecule has 0 spiro atoms. The smallest absolute Gasteiger partial charge is 0.350 e. The number of hydrogen-bond acceptors (Lipinski definition) is 8. The third kappa shape index (κ3) is 3.97. The van der Waals surface area contributed by atoms with Crippen molar-refractivity contribution in [3.63, 3.8) is 0 Å². The molecule has 4 rings (SSSR count). The minimum Gasteiger partial charge on any atom is -0.502 e. The number of aliphatic hydroxyl groups excluding tert-OH is 1. The van der Waals surface area contributed by atoms with Gasteiger partial charge in [0.1, 0.15) is 21.6 Å². The van der Waals surface area contributed by atoms with Crippen LogP contribution in [0.4, 0.5) is 9.52 Å². The molecule has 1 aliphatic rings. The molecule has 1 N–H and O–H groups in total. The van der Waals surface area contributed by atoms with Crippen LogP contribution in [0.25, 0.3) is 0 Å². The Kier molecular flexibility index (Phi) is 6.24. The van der Waals surface area contributed by atoms with Crippen molar-refractivity contribution in [3.05, 3.63) is 87.2 Å². The van der Waals surface area contributed by atoms with E-state index in [9.17, 15) is 27.5 Å². The molecule has 0 radical (unpaired) electrons. The standard InChI is InChI=1S/C23H19FN2O6S2/c1-3-32-22(29)19-13(2)25-23(33-19)26-17(14-9-11-15(24)12-10-14)20(18(27)21(26)28)34(30,31)16-7-5-4-6-8-16/h4-12,17,27H,3H2,1-2H3/t17-/m0/s1. The van der Waals surface area contributed by atoms with E-state index in [0.717, 1.165) is 28.4 Å². The second-order valence-corrected chi connectivity index (χ2v) is 10.2. The van der Waals surface area contributed by atoms with Crippen molar-refractivity contribution in [1.29, 1.82) is 0 Å². The summed E-state index contributed by atoms with van der Waals surface area (Å²) in [4.78, 5) is 30.2. The third-order valence-electron chi connectivity index (χ3n) is 5.14. The molecular weight excluding hydrogens is 483 g/mol. The molecule has 34 heavy (non-hydrogen) atoms. The van der Waals surface area contributed by atoms with Crippen LogP contribution in [0.5, 0.6) is 0 Å². The average Bonchev–Trinajstić information content (AvgIpc) is 3.32. The fraction of sp³-hybridized carbons (Fsp3) is 0.174. The molecule has 1 amide bonds. The van der Waals surface area contributed by atoms with Crippen molar-refractivity contribution in [2.75, 3.05) is 11.5 Å². The predicted octanol–water partition coefficient (Wildman–Crippen LogP) is 4.10. The summed E-state index contributed by atoms with van der Waals surface area (Å²) in [5.74, 6) is -3.17. The largest absolute Gasteiger partial charge is 0.502 e. The number of anilines is 1. The van der Waals surface area contributed by atoms with Gasteiger partial charge < -0.3 is 9.84 Å².